The first-order valence-electron chi connectivity index (χ1n) is 7.10. The molecule has 0 radical (unpaired) electrons. The second-order valence-corrected chi connectivity index (χ2v) is 8.89. The van der Waals surface area contributed by atoms with Crippen LogP contribution in [-0.4, -0.2) is 62.6 Å². The van der Waals surface area contributed by atoms with Crippen LogP contribution in [0.1, 0.15) is 17.3 Å². The first-order chi connectivity index (χ1) is 10.8. The van der Waals surface area contributed by atoms with Gasteiger partial charge in [-0.3, -0.25) is 4.79 Å². The lowest BCUT2D eigenvalue weighted by Gasteiger charge is -2.34. The van der Waals surface area contributed by atoms with Crippen LogP contribution in [-0.2, 0) is 10.0 Å². The summed E-state index contributed by atoms with van der Waals surface area (Å²) in [6, 6.07) is 3.31. The Labute approximate surface area is 154 Å². The first kappa shape index (κ1) is 18.8. The number of hydrogen-bond donors (Lipinski definition) is 0. The SMILES string of the molecule is CCS(=O)(=O)N1CCN(C(=O)c2cc(Cl)c(I)cc2OC)CC1. The number of hydrogen-bond acceptors (Lipinski definition) is 4. The van der Waals surface area contributed by atoms with Crippen molar-refractivity contribution in [2.45, 2.75) is 6.92 Å². The van der Waals surface area contributed by atoms with E-state index in [0.29, 0.717) is 42.5 Å². The molecule has 1 aromatic carbocycles. The average Bonchev–Trinajstić information content (AvgIpc) is 2.56. The van der Waals surface area contributed by atoms with E-state index in [2.05, 4.69) is 22.6 Å². The molecule has 23 heavy (non-hydrogen) atoms. The molecule has 1 saturated heterocycles. The van der Waals surface area contributed by atoms with Gasteiger partial charge in [-0.25, -0.2) is 8.42 Å². The molecule has 1 aromatic rings. The fourth-order valence-corrected chi connectivity index (χ4v) is 4.07. The Bertz CT molecular complexity index is 703. The number of ether oxygens (including phenoxy) is 1. The Morgan fingerprint density at radius 3 is 2.43 bits per heavy atom. The topological polar surface area (TPSA) is 66.9 Å². The molecule has 128 valence electrons. The number of carbonyl (C=O) groups is 1. The molecule has 1 aliphatic heterocycles. The Morgan fingerprint density at radius 1 is 1.30 bits per heavy atom. The molecule has 0 aromatic heterocycles. The molecule has 6 nitrogen and oxygen atoms in total. The molecule has 1 aliphatic rings. The van der Waals surface area contributed by atoms with Crippen molar-refractivity contribution >= 4 is 50.1 Å². The number of benzene rings is 1. The predicted octanol–water partition coefficient (Wildman–Crippen LogP) is 2.06. The summed E-state index contributed by atoms with van der Waals surface area (Å²) in [5.41, 5.74) is 0.393. The van der Waals surface area contributed by atoms with Crippen LogP contribution in [0, 0.1) is 3.57 Å². The van der Waals surface area contributed by atoms with Crippen LogP contribution in [0.15, 0.2) is 12.1 Å². The molecule has 0 unspecified atom stereocenters. The van der Waals surface area contributed by atoms with Crippen LogP contribution in [0.5, 0.6) is 5.75 Å². The van der Waals surface area contributed by atoms with Gasteiger partial charge in [0.1, 0.15) is 5.75 Å². The Kier molecular flexibility index (Phi) is 6.15. The van der Waals surface area contributed by atoms with E-state index < -0.39 is 10.0 Å². The monoisotopic (exact) mass is 472 g/mol. The second-order valence-electron chi connectivity index (χ2n) is 5.06. The molecule has 0 N–H and O–H groups in total. The molecule has 0 saturated carbocycles. The minimum Gasteiger partial charge on any atom is -0.496 e. The average molecular weight is 473 g/mol. The van der Waals surface area contributed by atoms with E-state index in [1.807, 2.05) is 0 Å². The molecule has 0 atom stereocenters. The third-order valence-corrected chi connectivity index (χ3v) is 7.16. The van der Waals surface area contributed by atoms with Crippen molar-refractivity contribution in [3.63, 3.8) is 0 Å². The minimum absolute atomic E-state index is 0.0709. The van der Waals surface area contributed by atoms with Gasteiger partial charge in [0, 0.05) is 29.7 Å². The summed E-state index contributed by atoms with van der Waals surface area (Å²) in [5, 5.41) is 0.488. The molecule has 2 rings (SSSR count). The Hall–Kier alpha value is -0.580. The Balaban J connectivity index is 2.16. The highest BCUT2D eigenvalue weighted by Gasteiger charge is 2.29. The largest absolute Gasteiger partial charge is 0.496 e. The zero-order chi connectivity index (χ0) is 17.2. The molecule has 9 heteroatoms. The number of amides is 1. The van der Waals surface area contributed by atoms with E-state index in [1.54, 1.807) is 24.0 Å². The maximum absolute atomic E-state index is 12.7. The van der Waals surface area contributed by atoms with E-state index in [1.165, 1.54) is 11.4 Å². The van der Waals surface area contributed by atoms with E-state index in [0.717, 1.165) is 3.57 Å². The van der Waals surface area contributed by atoms with Gasteiger partial charge in [-0.2, -0.15) is 4.31 Å². The molecule has 0 spiro atoms. The molecule has 1 fully saturated rings. The standard InChI is InChI=1S/C14H18ClIN2O4S/c1-3-23(20,21)18-6-4-17(5-7-18)14(19)10-8-11(15)12(16)9-13(10)22-2/h8-9H,3-7H2,1-2H3. The number of nitrogens with zero attached hydrogens (tertiary/aromatic N) is 2. The van der Waals surface area contributed by atoms with Crippen molar-refractivity contribution in [1.82, 2.24) is 9.21 Å². The van der Waals surface area contributed by atoms with Gasteiger partial charge in [0.15, 0.2) is 0 Å². The molecular formula is C14H18ClIN2O4S. The maximum atomic E-state index is 12.7. The number of halogens is 2. The van der Waals surface area contributed by atoms with Crippen molar-refractivity contribution in [3.8, 4) is 5.75 Å². The van der Waals surface area contributed by atoms with Crippen molar-refractivity contribution in [2.24, 2.45) is 0 Å². The van der Waals surface area contributed by atoms with Gasteiger partial charge in [-0.05, 0) is 41.6 Å². The van der Waals surface area contributed by atoms with E-state index in [9.17, 15) is 13.2 Å². The number of sulfonamides is 1. The normalized spacial score (nSPS) is 16.4. The molecule has 0 bridgehead atoms. The van der Waals surface area contributed by atoms with Crippen molar-refractivity contribution < 1.29 is 17.9 Å². The maximum Gasteiger partial charge on any atom is 0.257 e. The van der Waals surface area contributed by atoms with Crippen molar-refractivity contribution in [3.05, 3.63) is 26.3 Å². The molecule has 1 heterocycles. The predicted molar refractivity (Wildman–Crippen MR) is 97.7 cm³/mol. The number of rotatable bonds is 4. The summed E-state index contributed by atoms with van der Waals surface area (Å²) in [5.74, 6) is 0.336. The van der Waals surface area contributed by atoms with Crippen LogP contribution in [0.4, 0.5) is 0 Å². The van der Waals surface area contributed by atoms with Gasteiger partial charge >= 0.3 is 0 Å². The minimum atomic E-state index is -3.21. The van der Waals surface area contributed by atoms with E-state index in [-0.39, 0.29) is 11.7 Å². The number of methoxy groups -OCH3 is 1. The van der Waals surface area contributed by atoms with Gasteiger partial charge in [0.25, 0.3) is 5.91 Å². The van der Waals surface area contributed by atoms with Crippen molar-refractivity contribution in [1.29, 1.82) is 0 Å². The molecule has 1 amide bonds. The lowest BCUT2D eigenvalue weighted by Crippen LogP contribution is -2.50. The third kappa shape index (κ3) is 4.09. The highest BCUT2D eigenvalue weighted by atomic mass is 127. The highest BCUT2D eigenvalue weighted by molar-refractivity contribution is 14.1. The fourth-order valence-electron chi connectivity index (χ4n) is 2.39. The summed E-state index contributed by atoms with van der Waals surface area (Å²) in [6.07, 6.45) is 0. The zero-order valence-corrected chi connectivity index (χ0v) is 16.6. The molecule has 0 aliphatic carbocycles. The van der Waals surface area contributed by atoms with Gasteiger partial charge in [0.05, 0.1) is 23.4 Å². The second kappa shape index (κ2) is 7.54. The zero-order valence-electron chi connectivity index (χ0n) is 12.9. The van der Waals surface area contributed by atoms with E-state index in [4.69, 9.17) is 16.3 Å². The van der Waals surface area contributed by atoms with Gasteiger partial charge in [-0.15, -0.1) is 0 Å². The first-order valence-corrected chi connectivity index (χ1v) is 10.2. The summed E-state index contributed by atoms with van der Waals surface area (Å²) < 4.78 is 31.2. The lowest BCUT2D eigenvalue weighted by molar-refractivity contribution is 0.0694. The van der Waals surface area contributed by atoms with Crippen LogP contribution >= 0.6 is 34.2 Å². The summed E-state index contributed by atoms with van der Waals surface area (Å²) >= 11 is 8.18. The fraction of sp³-hybridized carbons (Fsp3) is 0.500. The van der Waals surface area contributed by atoms with Crippen LogP contribution in [0.3, 0.4) is 0 Å². The van der Waals surface area contributed by atoms with Crippen LogP contribution < -0.4 is 4.74 Å². The van der Waals surface area contributed by atoms with Crippen molar-refractivity contribution in [2.75, 3.05) is 39.0 Å². The number of carbonyl (C=O) groups excluding carboxylic acids is 1. The van der Waals surface area contributed by atoms with Gasteiger partial charge in [-0.1, -0.05) is 11.6 Å². The quantitative estimate of drug-likeness (QED) is 0.629. The van der Waals surface area contributed by atoms with Crippen LogP contribution in [0.25, 0.3) is 0 Å². The third-order valence-electron chi connectivity index (χ3n) is 3.76. The summed E-state index contributed by atoms with van der Waals surface area (Å²) in [7, 11) is -1.71. The summed E-state index contributed by atoms with van der Waals surface area (Å²) in [4.78, 5) is 14.3. The van der Waals surface area contributed by atoms with Crippen LogP contribution in [0.2, 0.25) is 5.02 Å². The van der Waals surface area contributed by atoms with E-state index >= 15 is 0 Å². The molecular weight excluding hydrogens is 455 g/mol. The summed E-state index contributed by atoms with van der Waals surface area (Å²) in [6.45, 7) is 2.94. The smallest absolute Gasteiger partial charge is 0.257 e. The van der Waals surface area contributed by atoms with Gasteiger partial charge in [0.2, 0.25) is 10.0 Å². The number of piperazine rings is 1. The lowest BCUT2D eigenvalue weighted by atomic mass is 10.1. The Morgan fingerprint density at radius 2 is 1.91 bits per heavy atom. The van der Waals surface area contributed by atoms with Gasteiger partial charge < -0.3 is 9.64 Å². The highest BCUT2D eigenvalue weighted by Crippen LogP contribution is 2.29.